The second-order valence-electron chi connectivity index (χ2n) is 17.7. The summed E-state index contributed by atoms with van der Waals surface area (Å²) in [6.07, 6.45) is 8.83. The van der Waals surface area contributed by atoms with Gasteiger partial charge in [0.1, 0.15) is 11.6 Å². The fraction of sp³-hybridized carbons (Fsp3) is 0.420. The van der Waals surface area contributed by atoms with Crippen molar-refractivity contribution in [1.29, 1.82) is 0 Å². The summed E-state index contributed by atoms with van der Waals surface area (Å²) >= 11 is -0.353. The number of rotatable bonds is 5. The van der Waals surface area contributed by atoms with Crippen molar-refractivity contribution >= 4 is 4.40 Å². The summed E-state index contributed by atoms with van der Waals surface area (Å²) in [5.41, 5.74) is 13.6. The first-order valence-electron chi connectivity index (χ1n) is 20.1. The van der Waals surface area contributed by atoms with E-state index >= 15 is 0 Å². The summed E-state index contributed by atoms with van der Waals surface area (Å²) in [5, 5.41) is 11.1. The summed E-state index contributed by atoms with van der Waals surface area (Å²) in [4.78, 5) is 4.11. The zero-order valence-corrected chi connectivity index (χ0v) is 36.7. The Morgan fingerprint density at radius 3 is 1.47 bits per heavy atom. The van der Waals surface area contributed by atoms with Gasteiger partial charge >= 0.3 is 143 Å². The average Bonchev–Trinajstić information content (AvgIpc) is 3.47. The van der Waals surface area contributed by atoms with E-state index in [1.54, 1.807) is 0 Å². The molecule has 1 aromatic heterocycles. The van der Waals surface area contributed by atoms with Gasteiger partial charge in [0.2, 0.25) is 0 Å². The quantitative estimate of drug-likeness (QED) is 0.180. The Labute approximate surface area is 338 Å². The predicted molar refractivity (Wildman–Crippen MR) is 225 cm³/mol. The molecule has 3 nitrogen and oxygen atoms in total. The third kappa shape index (κ3) is 9.62. The van der Waals surface area contributed by atoms with Crippen LogP contribution in [0, 0.1) is 79.0 Å². The van der Waals surface area contributed by atoms with Gasteiger partial charge in [0.05, 0.1) is 0 Å². The van der Waals surface area contributed by atoms with Gasteiger partial charge in [0.15, 0.2) is 0 Å². The van der Waals surface area contributed by atoms with Gasteiger partial charge < -0.3 is 10.1 Å². The standard InChI is InChI=1S/C24H25FO.C10H15N.C10H12.C6H8N.Mo/c1-13-7-15(3)22(16(4)8-13)20-11-19(25)12-21(24(20)26)23-17(5)9-14(2)10-18(23)6;11-10-4-7-1-8(5-10)3-9(2-7)6-10;1-10(2,3)9-7-5-4-6-8-9;1-5-3-4-6(2)7-5;/h7-12,26H,1-6H3;7-9H,1-6H2;1,4-8H,2-3H3;3-4H,1-2H3;/q;;;-1;. The van der Waals surface area contributed by atoms with Crippen LogP contribution < -0.4 is 4.98 Å². The molecule has 0 atom stereocenters. The van der Waals surface area contributed by atoms with Crippen molar-refractivity contribution < 1.29 is 27.4 Å². The third-order valence-electron chi connectivity index (χ3n) is 12.0. The molecule has 4 aliphatic carbocycles. The summed E-state index contributed by atoms with van der Waals surface area (Å²) in [6.45, 7) is 20.8. The molecule has 5 heteroatoms. The van der Waals surface area contributed by atoms with E-state index in [4.69, 9.17) is 3.50 Å². The molecule has 0 aliphatic heterocycles. The monoisotopic (exact) mass is 821 g/mol. The van der Waals surface area contributed by atoms with Crippen molar-refractivity contribution in [3.63, 3.8) is 0 Å². The van der Waals surface area contributed by atoms with Crippen LogP contribution in [0.2, 0.25) is 0 Å². The SMILES string of the molecule is CC(C)([CH]=[Mo]=[N]C12CC3CC(CC(C3)C1)C2)c1ccccc1.Cc1cc(C)c(-c2cc(F)cc(-c3c(C)cc(C)cc3C)c2O)c(C)c1.Cc1ccc(C)[n-]1. The van der Waals surface area contributed by atoms with E-state index in [9.17, 15) is 9.50 Å². The number of hydrogen-bond acceptors (Lipinski definition) is 2. The molecule has 4 aliphatic rings. The van der Waals surface area contributed by atoms with Gasteiger partial charge in [-0.05, 0) is 87.1 Å². The van der Waals surface area contributed by atoms with Gasteiger partial charge in [-0.2, -0.15) is 11.4 Å². The topological polar surface area (TPSA) is 46.7 Å². The maximum atomic E-state index is 14.6. The molecular weight excluding hydrogens is 760 g/mol. The minimum Gasteiger partial charge on any atom is -0.665 e. The van der Waals surface area contributed by atoms with Gasteiger partial charge in [-0.3, -0.25) is 0 Å². The van der Waals surface area contributed by atoms with Crippen molar-refractivity contribution in [2.45, 2.75) is 119 Å². The Hall–Kier alpha value is -3.75. The molecule has 1 heterocycles. The Bertz CT molecular complexity index is 2050. The molecule has 5 aromatic rings. The second kappa shape index (κ2) is 16.8. The molecule has 4 fully saturated rings. The number of benzene rings is 4. The molecule has 1 N–H and O–H groups in total. The van der Waals surface area contributed by atoms with E-state index < -0.39 is 0 Å². The van der Waals surface area contributed by atoms with Crippen molar-refractivity contribution in [2.24, 2.45) is 21.2 Å². The molecule has 0 spiro atoms. The van der Waals surface area contributed by atoms with Gasteiger partial charge in [-0.15, -0.1) is 0 Å². The Morgan fingerprint density at radius 2 is 1.09 bits per heavy atom. The molecule has 9 rings (SSSR count). The number of phenols is 1. The number of aromatic hydroxyl groups is 1. The van der Waals surface area contributed by atoms with Crippen LogP contribution in [0.3, 0.4) is 0 Å². The molecule has 0 unspecified atom stereocenters. The number of phenolic OH excluding ortho intramolecular Hbond substituents is 1. The van der Waals surface area contributed by atoms with Crippen LogP contribution in [-0.2, 0) is 23.3 Å². The summed E-state index contributed by atoms with van der Waals surface area (Å²) in [7, 11) is 0. The van der Waals surface area contributed by atoms with Crippen LogP contribution in [0.5, 0.6) is 5.75 Å². The largest absolute Gasteiger partial charge is 0.665 e. The normalized spacial score (nSPS) is 20.9. The van der Waals surface area contributed by atoms with E-state index in [1.165, 1.54) is 56.2 Å². The summed E-state index contributed by atoms with van der Waals surface area (Å²) in [5.74, 6) is 2.85. The number of nitrogens with zero attached hydrogens (tertiary/aromatic N) is 2. The summed E-state index contributed by atoms with van der Waals surface area (Å²) < 4.78 is 22.5. The number of aromatic nitrogens is 1. The average molecular weight is 820 g/mol. The van der Waals surface area contributed by atoms with E-state index in [2.05, 4.69) is 77.8 Å². The first-order valence-corrected chi connectivity index (χ1v) is 22.1. The van der Waals surface area contributed by atoms with Gasteiger partial charge in [-0.1, -0.05) is 61.4 Å². The minimum absolute atomic E-state index is 0.136. The van der Waals surface area contributed by atoms with Crippen LogP contribution in [0.4, 0.5) is 4.39 Å². The molecular formula is C50H60FMoN2O-. The van der Waals surface area contributed by atoms with Gasteiger partial charge in [-0.25, -0.2) is 4.39 Å². The Morgan fingerprint density at radius 1 is 0.673 bits per heavy atom. The zero-order chi connectivity index (χ0) is 39.7. The van der Waals surface area contributed by atoms with E-state index in [0.717, 1.165) is 73.6 Å². The maximum Gasteiger partial charge on any atom is 0.131 e. The molecule has 4 bridgehead atoms. The maximum absolute atomic E-state index is 14.6. The smallest absolute Gasteiger partial charge is 0.131 e. The van der Waals surface area contributed by atoms with Crippen LogP contribution in [0.25, 0.3) is 22.3 Å². The first-order chi connectivity index (χ1) is 26.0. The second-order valence-corrected chi connectivity index (χ2v) is 19.2. The zero-order valence-electron chi connectivity index (χ0n) is 34.7. The van der Waals surface area contributed by atoms with Crippen molar-refractivity contribution in [3.05, 3.63) is 135 Å². The molecule has 0 amide bonds. The van der Waals surface area contributed by atoms with Crippen LogP contribution in [0.1, 0.15) is 103 Å². The van der Waals surface area contributed by atoms with E-state index in [0.29, 0.717) is 16.7 Å². The van der Waals surface area contributed by atoms with Gasteiger partial charge in [0.25, 0.3) is 0 Å². The predicted octanol–water partition coefficient (Wildman–Crippen LogP) is 13.0. The Balaban J connectivity index is 0.000000160. The summed E-state index contributed by atoms with van der Waals surface area (Å²) in [6, 6.07) is 26.1. The molecule has 4 saturated carbocycles. The molecule has 0 radical (unpaired) electrons. The molecule has 4 aromatic carbocycles. The van der Waals surface area contributed by atoms with Crippen LogP contribution >= 0.6 is 0 Å². The van der Waals surface area contributed by atoms with Crippen LogP contribution in [-0.4, -0.2) is 15.0 Å². The number of halogens is 1. The Kier molecular flexibility index (Phi) is 12.5. The fourth-order valence-corrected chi connectivity index (χ4v) is 12.4. The number of hydrogen-bond donors (Lipinski definition) is 1. The van der Waals surface area contributed by atoms with Crippen molar-refractivity contribution in [3.8, 4) is 28.0 Å². The number of aryl methyl sites for hydroxylation is 8. The van der Waals surface area contributed by atoms with E-state index in [1.807, 2.05) is 67.5 Å². The molecule has 0 saturated heterocycles. The molecule has 290 valence electrons. The van der Waals surface area contributed by atoms with Gasteiger partial charge in [0, 0.05) is 11.1 Å². The fourth-order valence-electron chi connectivity index (χ4n) is 10.2. The third-order valence-corrected chi connectivity index (χ3v) is 14.9. The van der Waals surface area contributed by atoms with Crippen molar-refractivity contribution in [1.82, 2.24) is 4.98 Å². The molecule has 55 heavy (non-hydrogen) atoms. The first kappa shape index (κ1) is 40.9. The van der Waals surface area contributed by atoms with Crippen molar-refractivity contribution in [2.75, 3.05) is 0 Å². The minimum atomic E-state index is -0.353. The van der Waals surface area contributed by atoms with E-state index in [-0.39, 0.29) is 34.9 Å². The van der Waals surface area contributed by atoms with Crippen LogP contribution in [0.15, 0.2) is 82.4 Å².